The quantitative estimate of drug-likeness (QED) is 0.0223. The summed E-state index contributed by atoms with van der Waals surface area (Å²) in [6, 6.07) is 15.8. The van der Waals surface area contributed by atoms with Gasteiger partial charge in [0.05, 0.1) is 67.8 Å². The number of primary amides is 1. The fraction of sp³-hybridized carbons (Fsp3) is 0.467. The Morgan fingerprint density at radius 2 is 0.741 bits per heavy atom. The molecule has 0 aromatic heterocycles. The Bertz CT molecular complexity index is 2790. The number of hydrogen-bond donors (Lipinski definition) is 9. The summed E-state index contributed by atoms with van der Waals surface area (Å²) in [7, 11) is 4.22. The molecule has 0 heterocycles. The number of methoxy groups -OCH3 is 3. The Balaban J connectivity index is 1.55. The zero-order valence-corrected chi connectivity index (χ0v) is 48.1. The van der Waals surface area contributed by atoms with Crippen molar-refractivity contribution in [1.82, 2.24) is 16.0 Å². The van der Waals surface area contributed by atoms with Crippen molar-refractivity contribution in [2.75, 3.05) is 53.8 Å². The van der Waals surface area contributed by atoms with Crippen molar-refractivity contribution >= 4 is 58.5 Å². The van der Waals surface area contributed by atoms with Crippen LogP contribution in [-0.4, -0.2) is 125 Å². The summed E-state index contributed by atoms with van der Waals surface area (Å²) in [6.45, 7) is 1.63. The van der Waals surface area contributed by atoms with E-state index in [9.17, 15) is 38.4 Å². The van der Waals surface area contributed by atoms with Gasteiger partial charge >= 0.3 is 0 Å². The molecule has 4 amide bonds. The maximum absolute atomic E-state index is 14.4. The third-order valence-corrected chi connectivity index (χ3v) is 14.7. The van der Waals surface area contributed by atoms with Crippen molar-refractivity contribution in [1.29, 1.82) is 0 Å². The lowest BCUT2D eigenvalue weighted by Crippen LogP contribution is -2.42. The first-order chi connectivity index (χ1) is 38.9. The van der Waals surface area contributed by atoms with E-state index in [4.69, 9.17) is 48.6 Å². The standard InChI is InChI=1S/C60H83N9O11S/c1-78-53-21-17-37(29-41(53)57(66)74)34-50(71)46(14-6-10-26-62)67-59(76)43-31-39(19-23-55(43)80-3)35-51(72)48(16-8-12-28-64)69-60(77)44-32-40(20-24-56(44)81-4)36-52(73)47(15-7-11-27-63)68-58(75)42-30-38(18-22-54(42)79-2)33-49(70)45(65)13-5-9-25-61/h17-24,29-32,45-48H,5-16,25-28,33-36,61-65H2,1-4H3,(H2,66,74)(H,67,76)(H,68,75)(H,69,77)/t45-,46-,47-,48-/m0/s1. The molecule has 0 aliphatic heterocycles. The van der Waals surface area contributed by atoms with E-state index in [0.717, 1.165) is 12.8 Å². The van der Waals surface area contributed by atoms with Crippen molar-refractivity contribution in [2.45, 2.75) is 132 Å². The van der Waals surface area contributed by atoms with Crippen LogP contribution in [-0.2, 0) is 44.9 Å². The predicted molar refractivity (Wildman–Crippen MR) is 314 cm³/mol. The molecule has 21 heteroatoms. The van der Waals surface area contributed by atoms with Gasteiger partial charge in [0, 0.05) is 30.6 Å². The summed E-state index contributed by atoms with van der Waals surface area (Å²) in [5.74, 6) is -2.91. The molecule has 440 valence electrons. The van der Waals surface area contributed by atoms with Gasteiger partial charge in [-0.25, -0.2) is 0 Å². The van der Waals surface area contributed by atoms with E-state index in [1.54, 1.807) is 66.9 Å². The number of thioether (sulfide) groups is 1. The average Bonchev–Trinajstić information content (AvgIpc) is 3.48. The lowest BCUT2D eigenvalue weighted by Gasteiger charge is -2.21. The molecular weight excluding hydrogens is 1050 g/mol. The van der Waals surface area contributed by atoms with Crippen molar-refractivity contribution in [3.63, 3.8) is 0 Å². The normalized spacial score (nSPS) is 12.6. The van der Waals surface area contributed by atoms with Crippen LogP contribution in [0, 0.1) is 0 Å². The van der Waals surface area contributed by atoms with E-state index in [-0.39, 0.29) is 108 Å². The maximum Gasteiger partial charge on any atom is 0.255 e. The van der Waals surface area contributed by atoms with Crippen molar-refractivity contribution < 1.29 is 52.6 Å². The van der Waals surface area contributed by atoms with E-state index in [1.165, 1.54) is 45.2 Å². The molecule has 4 aromatic rings. The Hall–Kier alpha value is -7.01. The number of ether oxygens (including phenoxy) is 3. The minimum Gasteiger partial charge on any atom is -0.496 e. The minimum atomic E-state index is -0.977. The molecule has 20 nitrogen and oxygen atoms in total. The molecule has 81 heavy (non-hydrogen) atoms. The van der Waals surface area contributed by atoms with Gasteiger partial charge in [0.2, 0.25) is 0 Å². The fourth-order valence-electron chi connectivity index (χ4n) is 9.29. The Morgan fingerprint density at radius 3 is 1.09 bits per heavy atom. The number of nitrogens with two attached hydrogens (primary N) is 6. The molecule has 0 bridgehead atoms. The van der Waals surface area contributed by atoms with Gasteiger partial charge in [-0.2, -0.15) is 0 Å². The molecule has 15 N–H and O–H groups in total. The monoisotopic (exact) mass is 1140 g/mol. The van der Waals surface area contributed by atoms with Crippen LogP contribution in [0.15, 0.2) is 77.7 Å². The first kappa shape index (κ1) is 66.5. The molecule has 4 atom stereocenters. The third-order valence-electron chi connectivity index (χ3n) is 13.9. The fourth-order valence-corrected chi connectivity index (χ4v) is 9.86. The van der Waals surface area contributed by atoms with Crippen molar-refractivity contribution in [3.8, 4) is 17.2 Å². The van der Waals surface area contributed by atoms with Gasteiger partial charge in [-0.1, -0.05) is 30.7 Å². The summed E-state index contributed by atoms with van der Waals surface area (Å²) in [4.78, 5) is 111. The van der Waals surface area contributed by atoms with E-state index >= 15 is 0 Å². The second kappa shape index (κ2) is 35.0. The largest absolute Gasteiger partial charge is 0.496 e. The maximum atomic E-state index is 14.4. The molecule has 0 unspecified atom stereocenters. The molecule has 0 aliphatic carbocycles. The number of benzene rings is 4. The lowest BCUT2D eigenvalue weighted by atomic mass is 9.95. The van der Waals surface area contributed by atoms with Crippen molar-refractivity contribution in [2.24, 2.45) is 34.4 Å². The highest BCUT2D eigenvalue weighted by molar-refractivity contribution is 7.98. The van der Waals surface area contributed by atoms with Crippen LogP contribution >= 0.6 is 11.8 Å². The summed E-state index contributed by atoms with van der Waals surface area (Å²) in [5.41, 5.74) is 37.3. The van der Waals surface area contributed by atoms with E-state index in [0.29, 0.717) is 98.3 Å². The van der Waals surface area contributed by atoms with E-state index < -0.39 is 47.8 Å². The summed E-state index contributed by atoms with van der Waals surface area (Å²) in [6.07, 6.45) is 7.53. The number of Topliss-reactive ketones (excluding diaryl/α,β-unsaturated/α-hetero) is 4. The molecule has 0 radical (unpaired) electrons. The topological polar surface area (TPSA) is 356 Å². The number of hydrogen-bond acceptors (Lipinski definition) is 17. The average molecular weight is 1140 g/mol. The van der Waals surface area contributed by atoms with Gasteiger partial charge < -0.3 is 64.6 Å². The van der Waals surface area contributed by atoms with Gasteiger partial charge in [0.15, 0.2) is 23.1 Å². The molecule has 0 saturated heterocycles. The van der Waals surface area contributed by atoms with Gasteiger partial charge in [0.1, 0.15) is 17.2 Å². The number of rotatable bonds is 39. The zero-order valence-electron chi connectivity index (χ0n) is 47.2. The van der Waals surface area contributed by atoms with Crippen LogP contribution < -0.4 is 64.6 Å². The molecule has 4 aromatic carbocycles. The van der Waals surface area contributed by atoms with Crippen LogP contribution in [0.5, 0.6) is 17.2 Å². The van der Waals surface area contributed by atoms with Gasteiger partial charge in [-0.05, 0) is 174 Å². The number of amides is 4. The van der Waals surface area contributed by atoms with E-state index in [1.807, 2.05) is 0 Å². The second-order valence-corrected chi connectivity index (χ2v) is 20.7. The Morgan fingerprint density at radius 1 is 0.432 bits per heavy atom. The Kier molecular flexibility index (Phi) is 28.7. The van der Waals surface area contributed by atoms with Crippen LogP contribution in [0.3, 0.4) is 0 Å². The summed E-state index contributed by atoms with van der Waals surface area (Å²) >= 11 is 1.31. The number of carbonyl (C=O) groups excluding carboxylic acids is 8. The number of nitrogens with one attached hydrogen (secondary N) is 3. The number of carbonyl (C=O) groups is 8. The summed E-state index contributed by atoms with van der Waals surface area (Å²) in [5, 5.41) is 8.71. The van der Waals surface area contributed by atoms with Gasteiger partial charge in [-0.3, -0.25) is 38.4 Å². The minimum absolute atomic E-state index is 0.00239. The highest BCUT2D eigenvalue weighted by Crippen LogP contribution is 2.27. The highest BCUT2D eigenvalue weighted by atomic mass is 32.2. The SMILES string of the molecule is COc1ccc(CC(=O)[C@H](CCCCN)NC(=O)c2cc(CC(=O)[C@H](CCCCN)NC(=O)c3cc(CC(=O)[C@H](CCCCN)NC(=O)c4cc(CC(=O)[C@@H](N)CCCCN)ccc4OC)ccc3SC)ccc2OC)cc1C(N)=O. The van der Waals surface area contributed by atoms with Crippen LogP contribution in [0.1, 0.15) is 141 Å². The van der Waals surface area contributed by atoms with Crippen molar-refractivity contribution in [3.05, 3.63) is 117 Å². The van der Waals surface area contributed by atoms with Gasteiger partial charge in [0.25, 0.3) is 23.6 Å². The predicted octanol–water partition coefficient (Wildman–Crippen LogP) is 4.22. The summed E-state index contributed by atoms with van der Waals surface area (Å²) < 4.78 is 16.3. The first-order valence-electron chi connectivity index (χ1n) is 27.5. The Labute approximate surface area is 479 Å². The van der Waals surface area contributed by atoms with Crippen LogP contribution in [0.2, 0.25) is 0 Å². The number of ketones is 4. The molecule has 0 aliphatic rings. The molecule has 0 spiro atoms. The van der Waals surface area contributed by atoms with Crippen LogP contribution in [0.25, 0.3) is 0 Å². The van der Waals surface area contributed by atoms with Crippen LogP contribution in [0.4, 0.5) is 0 Å². The molecule has 0 fully saturated rings. The molecule has 4 rings (SSSR count). The first-order valence-corrected chi connectivity index (χ1v) is 28.7. The number of unbranched alkanes of at least 4 members (excludes halogenated alkanes) is 4. The lowest BCUT2D eigenvalue weighted by molar-refractivity contribution is -0.121. The zero-order chi connectivity index (χ0) is 59.4. The highest BCUT2D eigenvalue weighted by Gasteiger charge is 2.29. The second-order valence-electron chi connectivity index (χ2n) is 19.9. The van der Waals surface area contributed by atoms with E-state index in [2.05, 4.69) is 16.0 Å². The smallest absolute Gasteiger partial charge is 0.255 e. The molecule has 0 saturated carbocycles. The van der Waals surface area contributed by atoms with Gasteiger partial charge in [-0.15, -0.1) is 11.8 Å². The molecular formula is C60H83N9O11S. The third kappa shape index (κ3) is 20.8.